The second-order valence-electron chi connectivity index (χ2n) is 6.08. The minimum absolute atomic E-state index is 0.127. The van der Waals surface area contributed by atoms with Crippen LogP contribution in [0.25, 0.3) is 0 Å². The van der Waals surface area contributed by atoms with E-state index >= 15 is 0 Å². The van der Waals surface area contributed by atoms with E-state index in [4.69, 9.17) is 9.47 Å². The second kappa shape index (κ2) is 8.68. The van der Waals surface area contributed by atoms with Crippen LogP contribution in [0.4, 0.5) is 8.78 Å². The van der Waals surface area contributed by atoms with Gasteiger partial charge in [-0.15, -0.1) is 0 Å². The van der Waals surface area contributed by atoms with Gasteiger partial charge in [-0.2, -0.15) is 0 Å². The summed E-state index contributed by atoms with van der Waals surface area (Å²) in [4.78, 5) is 1.79. The molecule has 1 aromatic carbocycles. The smallest absolute Gasteiger partial charge is 0.128 e. The summed E-state index contributed by atoms with van der Waals surface area (Å²) >= 11 is 0. The Hall–Kier alpha value is -1.08. The summed E-state index contributed by atoms with van der Waals surface area (Å²) in [6, 6.07) is 3.08. The SMILES string of the molecule is CC(c1cc(F)ccc1F)N(C)CC(O)COC1CCOCC1. The molecule has 0 amide bonds. The van der Waals surface area contributed by atoms with E-state index in [1.165, 1.54) is 6.07 Å². The first-order valence-corrected chi connectivity index (χ1v) is 8.00. The molecule has 6 heteroatoms. The number of rotatable bonds is 7. The molecule has 2 rings (SSSR count). The highest BCUT2D eigenvalue weighted by molar-refractivity contribution is 5.21. The minimum Gasteiger partial charge on any atom is -0.389 e. The van der Waals surface area contributed by atoms with E-state index in [-0.39, 0.29) is 24.3 Å². The van der Waals surface area contributed by atoms with Crippen molar-refractivity contribution in [1.29, 1.82) is 0 Å². The Balaban J connectivity index is 1.82. The van der Waals surface area contributed by atoms with Gasteiger partial charge >= 0.3 is 0 Å². The van der Waals surface area contributed by atoms with Crippen molar-refractivity contribution >= 4 is 0 Å². The lowest BCUT2D eigenvalue weighted by Crippen LogP contribution is -2.36. The predicted molar refractivity (Wildman–Crippen MR) is 83.2 cm³/mol. The Morgan fingerprint density at radius 1 is 1.35 bits per heavy atom. The van der Waals surface area contributed by atoms with Gasteiger partial charge in [0, 0.05) is 31.4 Å². The lowest BCUT2D eigenvalue weighted by molar-refractivity contribution is -0.0645. The van der Waals surface area contributed by atoms with Crippen molar-refractivity contribution in [3.8, 4) is 0 Å². The molecule has 1 saturated heterocycles. The highest BCUT2D eigenvalue weighted by Crippen LogP contribution is 2.23. The number of hydrogen-bond donors (Lipinski definition) is 1. The van der Waals surface area contributed by atoms with Crippen LogP contribution in [-0.2, 0) is 9.47 Å². The van der Waals surface area contributed by atoms with E-state index < -0.39 is 17.7 Å². The average Bonchev–Trinajstić information content (AvgIpc) is 2.55. The standard InChI is InChI=1S/C17H25F2NO3/c1-12(16-9-13(18)3-4-17(16)19)20(2)10-14(21)11-23-15-5-7-22-8-6-15/h3-4,9,12,14-15,21H,5-8,10-11H2,1-2H3. The van der Waals surface area contributed by atoms with Crippen LogP contribution in [0.15, 0.2) is 18.2 Å². The molecule has 0 saturated carbocycles. The first-order valence-electron chi connectivity index (χ1n) is 8.00. The van der Waals surface area contributed by atoms with Crippen LogP contribution in [0, 0.1) is 11.6 Å². The number of aliphatic hydroxyl groups is 1. The predicted octanol–water partition coefficient (Wildman–Crippen LogP) is 2.51. The highest BCUT2D eigenvalue weighted by atomic mass is 19.1. The molecule has 1 aromatic rings. The van der Waals surface area contributed by atoms with E-state index in [2.05, 4.69) is 0 Å². The van der Waals surface area contributed by atoms with Crippen molar-refractivity contribution in [3.63, 3.8) is 0 Å². The van der Waals surface area contributed by atoms with Gasteiger partial charge in [0.2, 0.25) is 0 Å². The number of nitrogens with zero attached hydrogens (tertiary/aromatic N) is 1. The van der Waals surface area contributed by atoms with Gasteiger partial charge in [-0.05, 0) is 45.0 Å². The minimum atomic E-state index is -0.679. The van der Waals surface area contributed by atoms with Gasteiger partial charge in [0.15, 0.2) is 0 Å². The van der Waals surface area contributed by atoms with Crippen molar-refractivity contribution < 1.29 is 23.4 Å². The van der Waals surface area contributed by atoms with Crippen LogP contribution < -0.4 is 0 Å². The molecule has 23 heavy (non-hydrogen) atoms. The van der Waals surface area contributed by atoms with E-state index in [1.54, 1.807) is 18.9 Å². The first-order chi connectivity index (χ1) is 11.0. The average molecular weight is 329 g/mol. The second-order valence-corrected chi connectivity index (χ2v) is 6.08. The Bertz CT molecular complexity index is 495. The third-order valence-corrected chi connectivity index (χ3v) is 4.26. The van der Waals surface area contributed by atoms with Gasteiger partial charge in [-0.25, -0.2) is 8.78 Å². The molecule has 0 aromatic heterocycles. The van der Waals surface area contributed by atoms with Gasteiger partial charge in [-0.3, -0.25) is 4.90 Å². The van der Waals surface area contributed by atoms with Crippen molar-refractivity contribution in [2.75, 3.05) is 33.4 Å². The molecular weight excluding hydrogens is 304 g/mol. The van der Waals surface area contributed by atoms with Crippen LogP contribution in [-0.4, -0.2) is 55.6 Å². The molecule has 0 spiro atoms. The molecule has 130 valence electrons. The Morgan fingerprint density at radius 2 is 2.04 bits per heavy atom. The summed E-state index contributed by atoms with van der Waals surface area (Å²) in [5.41, 5.74) is 0.282. The van der Waals surface area contributed by atoms with Crippen molar-refractivity contribution in [2.24, 2.45) is 0 Å². The fourth-order valence-electron chi connectivity index (χ4n) is 2.71. The van der Waals surface area contributed by atoms with Crippen LogP contribution in [0.1, 0.15) is 31.4 Å². The first kappa shape index (κ1) is 18.3. The van der Waals surface area contributed by atoms with Crippen molar-refractivity contribution in [3.05, 3.63) is 35.4 Å². The number of hydrogen-bond acceptors (Lipinski definition) is 4. The summed E-state index contributed by atoms with van der Waals surface area (Å²) in [5.74, 6) is -0.913. The molecule has 2 unspecified atom stereocenters. The molecule has 4 nitrogen and oxygen atoms in total. The Labute approximate surface area is 136 Å². The van der Waals surface area contributed by atoms with Crippen molar-refractivity contribution in [1.82, 2.24) is 4.90 Å². The molecule has 1 aliphatic heterocycles. The molecule has 2 atom stereocenters. The number of halogens is 2. The molecule has 0 aliphatic carbocycles. The summed E-state index contributed by atoms with van der Waals surface area (Å²) in [6.45, 7) is 3.71. The van der Waals surface area contributed by atoms with Crippen LogP contribution >= 0.6 is 0 Å². The maximum atomic E-state index is 13.8. The molecule has 1 fully saturated rings. The maximum Gasteiger partial charge on any atom is 0.128 e. The molecule has 1 heterocycles. The normalized spacial score (nSPS) is 19.0. The number of ether oxygens (including phenoxy) is 2. The number of likely N-dealkylation sites (N-methyl/N-ethyl adjacent to an activating group) is 1. The van der Waals surface area contributed by atoms with Gasteiger partial charge in [0.05, 0.1) is 18.8 Å². The summed E-state index contributed by atoms with van der Waals surface area (Å²) in [6.07, 6.45) is 1.13. The van der Waals surface area contributed by atoms with Crippen LogP contribution in [0.5, 0.6) is 0 Å². The monoisotopic (exact) mass is 329 g/mol. The summed E-state index contributed by atoms with van der Waals surface area (Å²) in [5, 5.41) is 10.1. The molecule has 0 bridgehead atoms. The zero-order valence-electron chi connectivity index (χ0n) is 13.7. The van der Waals surface area contributed by atoms with E-state index in [0.29, 0.717) is 19.8 Å². The number of aliphatic hydroxyl groups excluding tert-OH is 1. The molecule has 1 aliphatic rings. The zero-order chi connectivity index (χ0) is 16.8. The van der Waals surface area contributed by atoms with Crippen LogP contribution in [0.3, 0.4) is 0 Å². The quantitative estimate of drug-likeness (QED) is 0.835. The largest absolute Gasteiger partial charge is 0.389 e. The molecular formula is C17H25F2NO3. The highest BCUT2D eigenvalue weighted by Gasteiger charge is 2.21. The van der Waals surface area contributed by atoms with E-state index in [0.717, 1.165) is 25.0 Å². The van der Waals surface area contributed by atoms with Gasteiger partial charge in [0.1, 0.15) is 11.6 Å². The van der Waals surface area contributed by atoms with Crippen molar-refractivity contribution in [2.45, 2.75) is 38.0 Å². The third kappa shape index (κ3) is 5.49. The topological polar surface area (TPSA) is 41.9 Å². The molecule has 1 N–H and O–H groups in total. The lowest BCUT2D eigenvalue weighted by Gasteiger charge is -2.29. The number of benzene rings is 1. The lowest BCUT2D eigenvalue weighted by atomic mass is 10.1. The van der Waals surface area contributed by atoms with Gasteiger partial charge < -0.3 is 14.6 Å². The van der Waals surface area contributed by atoms with E-state index in [1.807, 2.05) is 0 Å². The fourth-order valence-corrected chi connectivity index (χ4v) is 2.71. The van der Waals surface area contributed by atoms with E-state index in [9.17, 15) is 13.9 Å². The summed E-state index contributed by atoms with van der Waals surface area (Å²) in [7, 11) is 1.77. The van der Waals surface area contributed by atoms with Crippen LogP contribution in [0.2, 0.25) is 0 Å². The maximum absolute atomic E-state index is 13.8. The third-order valence-electron chi connectivity index (χ3n) is 4.26. The Morgan fingerprint density at radius 3 is 2.74 bits per heavy atom. The zero-order valence-corrected chi connectivity index (χ0v) is 13.7. The fraction of sp³-hybridized carbons (Fsp3) is 0.647. The van der Waals surface area contributed by atoms with Gasteiger partial charge in [-0.1, -0.05) is 0 Å². The molecule has 0 radical (unpaired) electrons. The van der Waals surface area contributed by atoms with Gasteiger partial charge in [0.25, 0.3) is 0 Å². The summed E-state index contributed by atoms with van der Waals surface area (Å²) < 4.78 is 38.1. The Kier molecular flexibility index (Phi) is 6.89.